The van der Waals surface area contributed by atoms with Crippen LogP contribution in [0, 0.1) is 6.92 Å². The van der Waals surface area contributed by atoms with Gasteiger partial charge in [-0.1, -0.05) is 30.0 Å². The Balaban J connectivity index is 1.35. The van der Waals surface area contributed by atoms with Crippen LogP contribution in [0.4, 0.5) is 5.69 Å². The van der Waals surface area contributed by atoms with Crippen molar-refractivity contribution in [2.45, 2.75) is 24.3 Å². The fourth-order valence-electron chi connectivity index (χ4n) is 2.87. The molecule has 0 spiro atoms. The Morgan fingerprint density at radius 3 is 2.77 bits per heavy atom. The number of nitrogens with zero attached hydrogens (tertiary/aromatic N) is 5. The molecule has 0 aliphatic rings. The Hall–Kier alpha value is -3.04. The normalized spacial score (nSPS) is 10.9. The van der Waals surface area contributed by atoms with Gasteiger partial charge in [-0.3, -0.25) is 9.78 Å². The number of aromatic nitrogens is 5. The first-order valence-electron chi connectivity index (χ1n) is 9.31. The van der Waals surface area contributed by atoms with E-state index in [0.717, 1.165) is 38.5 Å². The molecule has 1 N–H and O–H groups in total. The van der Waals surface area contributed by atoms with Gasteiger partial charge in [0, 0.05) is 41.8 Å². The lowest BCUT2D eigenvalue weighted by Crippen LogP contribution is -2.15. The van der Waals surface area contributed by atoms with Crippen molar-refractivity contribution in [3.8, 4) is 11.4 Å². The van der Waals surface area contributed by atoms with Crippen LogP contribution in [-0.4, -0.2) is 30.6 Å². The lowest BCUT2D eigenvalue weighted by Gasteiger charge is -2.06. The number of carbonyl (C=O) groups is 1. The molecule has 0 saturated heterocycles. The van der Waals surface area contributed by atoms with Crippen molar-refractivity contribution < 1.29 is 4.79 Å². The standard InChI is InChI=1S/C21H20N6OS2/c1-14-5-3-4-6-17(14)24-18(28)11-19-23-16(12-29-19)13-30-21-26-25-20(27(21)2)15-7-9-22-10-8-15/h3-10,12H,11,13H2,1-2H3,(H,24,28). The first kappa shape index (κ1) is 20.2. The largest absolute Gasteiger partial charge is 0.325 e. The maximum absolute atomic E-state index is 12.3. The van der Waals surface area contributed by atoms with Crippen LogP contribution in [0.25, 0.3) is 11.4 Å². The smallest absolute Gasteiger partial charge is 0.231 e. The average Bonchev–Trinajstić information content (AvgIpc) is 3.35. The maximum atomic E-state index is 12.3. The SMILES string of the molecule is Cc1ccccc1NC(=O)Cc1nc(CSc2nnc(-c3ccncc3)n2C)cs1. The molecular formula is C21H20N6OS2. The average molecular weight is 437 g/mol. The number of carbonyl (C=O) groups excluding carboxylic acids is 1. The molecule has 152 valence electrons. The quantitative estimate of drug-likeness (QED) is 0.439. The number of aryl methyl sites for hydroxylation is 1. The lowest BCUT2D eigenvalue weighted by atomic mass is 10.2. The molecule has 3 aromatic heterocycles. The van der Waals surface area contributed by atoms with Crippen molar-refractivity contribution in [2.75, 3.05) is 5.32 Å². The monoisotopic (exact) mass is 436 g/mol. The van der Waals surface area contributed by atoms with Gasteiger partial charge < -0.3 is 9.88 Å². The Morgan fingerprint density at radius 1 is 1.17 bits per heavy atom. The van der Waals surface area contributed by atoms with E-state index in [1.807, 2.05) is 60.3 Å². The number of benzene rings is 1. The third-order valence-corrected chi connectivity index (χ3v) is 6.40. The van der Waals surface area contributed by atoms with Crippen molar-refractivity contribution >= 4 is 34.7 Å². The van der Waals surface area contributed by atoms with Gasteiger partial charge in [-0.05, 0) is 30.7 Å². The summed E-state index contributed by atoms with van der Waals surface area (Å²) in [7, 11) is 1.94. The molecular weight excluding hydrogens is 416 g/mol. The summed E-state index contributed by atoms with van der Waals surface area (Å²) >= 11 is 3.07. The van der Waals surface area contributed by atoms with Gasteiger partial charge in [0.15, 0.2) is 11.0 Å². The van der Waals surface area contributed by atoms with Gasteiger partial charge >= 0.3 is 0 Å². The van der Waals surface area contributed by atoms with E-state index in [9.17, 15) is 4.79 Å². The highest BCUT2D eigenvalue weighted by molar-refractivity contribution is 7.98. The number of pyridine rings is 1. The number of anilines is 1. The Bertz CT molecular complexity index is 1160. The van der Waals surface area contributed by atoms with Gasteiger partial charge in [0.05, 0.1) is 12.1 Å². The summed E-state index contributed by atoms with van der Waals surface area (Å²) in [6, 6.07) is 11.6. The Labute approximate surface area is 182 Å². The molecule has 1 aromatic carbocycles. The number of hydrogen-bond acceptors (Lipinski definition) is 7. The van der Waals surface area contributed by atoms with E-state index in [1.165, 1.54) is 11.3 Å². The van der Waals surface area contributed by atoms with E-state index in [-0.39, 0.29) is 12.3 Å². The van der Waals surface area contributed by atoms with Crippen LogP contribution in [0.5, 0.6) is 0 Å². The van der Waals surface area contributed by atoms with Crippen LogP contribution in [0.3, 0.4) is 0 Å². The van der Waals surface area contributed by atoms with Crippen molar-refractivity contribution in [1.29, 1.82) is 0 Å². The third kappa shape index (κ3) is 4.74. The molecule has 0 saturated carbocycles. The van der Waals surface area contributed by atoms with Crippen LogP contribution in [0.1, 0.15) is 16.3 Å². The van der Waals surface area contributed by atoms with Gasteiger partial charge in [0.1, 0.15) is 5.01 Å². The topological polar surface area (TPSA) is 85.6 Å². The summed E-state index contributed by atoms with van der Waals surface area (Å²) in [6.45, 7) is 1.97. The number of para-hydroxylation sites is 1. The van der Waals surface area contributed by atoms with Crippen molar-refractivity contribution in [1.82, 2.24) is 24.7 Å². The van der Waals surface area contributed by atoms with Crippen molar-refractivity contribution in [3.05, 3.63) is 70.4 Å². The van der Waals surface area contributed by atoms with E-state index >= 15 is 0 Å². The number of thiazole rings is 1. The predicted molar refractivity (Wildman–Crippen MR) is 119 cm³/mol. The molecule has 0 fully saturated rings. The molecule has 0 unspecified atom stereocenters. The first-order chi connectivity index (χ1) is 14.6. The fourth-order valence-corrected chi connectivity index (χ4v) is 4.57. The Kier molecular flexibility index (Phi) is 6.20. The summed E-state index contributed by atoms with van der Waals surface area (Å²) < 4.78 is 1.96. The predicted octanol–water partition coefficient (Wildman–Crippen LogP) is 4.12. The number of amides is 1. The zero-order valence-electron chi connectivity index (χ0n) is 16.6. The maximum Gasteiger partial charge on any atom is 0.231 e. The van der Waals surface area contributed by atoms with Gasteiger partial charge in [0.25, 0.3) is 0 Å². The number of thioether (sulfide) groups is 1. The molecule has 1 amide bonds. The van der Waals surface area contributed by atoms with Gasteiger partial charge in [-0.25, -0.2) is 4.98 Å². The highest BCUT2D eigenvalue weighted by Gasteiger charge is 2.13. The third-order valence-electron chi connectivity index (χ3n) is 4.45. The van der Waals surface area contributed by atoms with E-state index in [0.29, 0.717) is 5.75 Å². The highest BCUT2D eigenvalue weighted by Crippen LogP contribution is 2.25. The van der Waals surface area contributed by atoms with E-state index in [2.05, 4.69) is 25.5 Å². The van der Waals surface area contributed by atoms with E-state index in [4.69, 9.17) is 0 Å². The minimum atomic E-state index is -0.0619. The Morgan fingerprint density at radius 2 is 1.97 bits per heavy atom. The molecule has 9 heteroatoms. The zero-order valence-corrected chi connectivity index (χ0v) is 18.2. The number of nitrogens with one attached hydrogen (secondary N) is 1. The molecule has 0 bridgehead atoms. The minimum absolute atomic E-state index is 0.0619. The zero-order chi connectivity index (χ0) is 20.9. The van der Waals surface area contributed by atoms with Gasteiger partial charge in [-0.15, -0.1) is 21.5 Å². The second-order valence-electron chi connectivity index (χ2n) is 6.66. The highest BCUT2D eigenvalue weighted by atomic mass is 32.2. The van der Waals surface area contributed by atoms with Crippen LogP contribution in [-0.2, 0) is 24.0 Å². The lowest BCUT2D eigenvalue weighted by molar-refractivity contribution is -0.115. The van der Waals surface area contributed by atoms with Crippen molar-refractivity contribution in [2.24, 2.45) is 7.05 Å². The molecule has 0 aliphatic carbocycles. The molecule has 0 radical (unpaired) electrons. The number of rotatable bonds is 7. The molecule has 30 heavy (non-hydrogen) atoms. The second kappa shape index (κ2) is 9.19. The summed E-state index contributed by atoms with van der Waals surface area (Å²) in [5, 5.41) is 15.1. The molecule has 7 nitrogen and oxygen atoms in total. The van der Waals surface area contributed by atoms with E-state index in [1.54, 1.807) is 24.2 Å². The van der Waals surface area contributed by atoms with Gasteiger partial charge in [-0.2, -0.15) is 0 Å². The first-order valence-corrected chi connectivity index (χ1v) is 11.2. The number of hydrogen-bond donors (Lipinski definition) is 1. The molecule has 4 aromatic rings. The van der Waals surface area contributed by atoms with Crippen LogP contribution in [0.2, 0.25) is 0 Å². The second-order valence-corrected chi connectivity index (χ2v) is 8.55. The van der Waals surface area contributed by atoms with Crippen molar-refractivity contribution in [3.63, 3.8) is 0 Å². The van der Waals surface area contributed by atoms with Gasteiger partial charge in [0.2, 0.25) is 5.91 Å². The van der Waals surface area contributed by atoms with Crippen LogP contribution < -0.4 is 5.32 Å². The summed E-state index contributed by atoms with van der Waals surface area (Å²) in [5.41, 5.74) is 3.78. The molecule has 0 aliphatic heterocycles. The fraction of sp³-hybridized carbons (Fsp3) is 0.190. The molecule has 3 heterocycles. The molecule has 0 atom stereocenters. The summed E-state index contributed by atoms with van der Waals surface area (Å²) in [5.74, 6) is 1.40. The summed E-state index contributed by atoms with van der Waals surface area (Å²) in [6.07, 6.45) is 3.74. The summed E-state index contributed by atoms with van der Waals surface area (Å²) in [4.78, 5) is 21.0. The minimum Gasteiger partial charge on any atom is -0.325 e. The van der Waals surface area contributed by atoms with E-state index < -0.39 is 0 Å². The van der Waals surface area contributed by atoms with Crippen LogP contribution in [0.15, 0.2) is 59.3 Å². The van der Waals surface area contributed by atoms with Crippen LogP contribution >= 0.6 is 23.1 Å². The molecule has 4 rings (SSSR count).